The van der Waals surface area contributed by atoms with Crippen LogP contribution in [0.25, 0.3) is 11.5 Å². The number of nitrogens with one attached hydrogen (secondary N) is 1. The summed E-state index contributed by atoms with van der Waals surface area (Å²) in [6.07, 6.45) is 7.97. The molecule has 2 amide bonds. The maximum Gasteiger partial charge on any atom is 0.318 e. The van der Waals surface area contributed by atoms with Gasteiger partial charge in [0.15, 0.2) is 5.05 Å². The third-order valence-corrected chi connectivity index (χ3v) is 13.2. The van der Waals surface area contributed by atoms with Gasteiger partial charge in [-0.3, -0.25) is 9.59 Å². The van der Waals surface area contributed by atoms with Gasteiger partial charge in [-0.05, 0) is 137 Å². The number of piperidine rings is 4. The number of amides is 2. The van der Waals surface area contributed by atoms with Crippen molar-refractivity contribution in [2.75, 3.05) is 47.4 Å². The zero-order valence-electron chi connectivity index (χ0n) is 34.6. The van der Waals surface area contributed by atoms with E-state index in [1.54, 1.807) is 17.0 Å². The first kappa shape index (κ1) is 44.3. The molecule has 2 spiro atoms. The Hall–Kier alpha value is -5.28. The van der Waals surface area contributed by atoms with E-state index in [1.165, 1.54) is 24.3 Å². The number of ether oxygens (including phenoxy) is 1. The fourth-order valence-corrected chi connectivity index (χ4v) is 9.61. The molecule has 0 atom stereocenters. The molecule has 4 saturated heterocycles. The van der Waals surface area contributed by atoms with Gasteiger partial charge in [0.25, 0.3) is 0 Å². The second-order valence-corrected chi connectivity index (χ2v) is 17.5. The molecule has 10 rings (SSSR count). The second-order valence-electron chi connectivity index (χ2n) is 16.3. The summed E-state index contributed by atoms with van der Waals surface area (Å²) in [5.74, 6) is 0.282. The number of hydrogen-bond acceptors (Lipinski definition) is 10. The SMILES string of the molecule is O=C1CCCC2(CCN(c3nnc(-c4ccccc4)o3)CC2)N1c1ccc(Cl)c(F)c1.O=C1CCCC2(CCNCC2)N1c1ccc(Cl)c(F)c1.S=C1CN=C(c2ccccc2)O1. The number of benzene rings is 4. The molecule has 0 saturated carbocycles. The van der Waals surface area contributed by atoms with E-state index < -0.39 is 11.6 Å². The van der Waals surface area contributed by atoms with Crippen LogP contribution in [0, 0.1) is 11.6 Å². The average Bonchev–Trinajstić information content (AvgIpc) is 3.98. The van der Waals surface area contributed by atoms with Crippen LogP contribution < -0.4 is 20.0 Å². The van der Waals surface area contributed by atoms with Gasteiger partial charge < -0.3 is 29.2 Å². The van der Waals surface area contributed by atoms with E-state index in [2.05, 4.69) is 25.4 Å². The molecule has 4 fully saturated rings. The maximum absolute atomic E-state index is 14.1. The molecule has 328 valence electrons. The first-order valence-corrected chi connectivity index (χ1v) is 22.4. The molecule has 16 heteroatoms. The monoisotopic (exact) mass is 913 g/mol. The highest BCUT2D eigenvalue weighted by Crippen LogP contribution is 2.43. The molecule has 6 heterocycles. The second kappa shape index (κ2) is 19.6. The van der Waals surface area contributed by atoms with Crippen molar-refractivity contribution in [3.8, 4) is 11.5 Å². The Morgan fingerprint density at radius 1 is 0.667 bits per heavy atom. The Kier molecular flexibility index (Phi) is 13.8. The Bertz CT molecular complexity index is 2460. The van der Waals surface area contributed by atoms with E-state index in [-0.39, 0.29) is 32.9 Å². The largest absolute Gasteiger partial charge is 0.430 e. The van der Waals surface area contributed by atoms with Gasteiger partial charge >= 0.3 is 6.01 Å². The fourth-order valence-electron chi connectivity index (χ4n) is 9.23. The molecule has 1 aromatic heterocycles. The van der Waals surface area contributed by atoms with Crippen molar-refractivity contribution in [2.45, 2.75) is 75.3 Å². The molecular weight excluding hydrogens is 868 g/mol. The molecule has 63 heavy (non-hydrogen) atoms. The molecule has 0 aliphatic carbocycles. The minimum atomic E-state index is -0.510. The number of aliphatic imine (C=N–C) groups is 1. The first-order chi connectivity index (χ1) is 30.5. The lowest BCUT2D eigenvalue weighted by Gasteiger charge is -2.51. The molecular formula is C47H47Cl2F2N7O4S. The summed E-state index contributed by atoms with van der Waals surface area (Å²) in [4.78, 5) is 35.1. The van der Waals surface area contributed by atoms with Crippen LogP contribution in [0.3, 0.4) is 0 Å². The van der Waals surface area contributed by atoms with E-state index in [0.717, 1.165) is 75.6 Å². The highest BCUT2D eigenvalue weighted by molar-refractivity contribution is 7.80. The zero-order valence-corrected chi connectivity index (χ0v) is 36.9. The number of hydrogen-bond donors (Lipinski definition) is 1. The lowest BCUT2D eigenvalue weighted by atomic mass is 9.78. The van der Waals surface area contributed by atoms with Crippen LogP contribution in [0.2, 0.25) is 10.0 Å². The summed E-state index contributed by atoms with van der Waals surface area (Å²) in [7, 11) is 0. The van der Waals surface area contributed by atoms with Crippen molar-refractivity contribution < 1.29 is 27.5 Å². The van der Waals surface area contributed by atoms with Crippen LogP contribution in [0.1, 0.15) is 69.8 Å². The topological polar surface area (TPSA) is 116 Å². The number of halogens is 4. The minimum absolute atomic E-state index is 0.0329. The van der Waals surface area contributed by atoms with Crippen LogP contribution in [-0.2, 0) is 14.3 Å². The predicted octanol–water partition coefficient (Wildman–Crippen LogP) is 9.99. The molecule has 1 N–H and O–H groups in total. The lowest BCUT2D eigenvalue weighted by Crippen LogP contribution is -2.60. The van der Waals surface area contributed by atoms with E-state index in [1.807, 2.05) is 65.6 Å². The third-order valence-electron chi connectivity index (χ3n) is 12.4. The minimum Gasteiger partial charge on any atom is -0.430 e. The van der Waals surface area contributed by atoms with E-state index in [0.29, 0.717) is 66.7 Å². The van der Waals surface area contributed by atoms with Crippen LogP contribution >= 0.6 is 35.4 Å². The predicted molar refractivity (Wildman–Crippen MR) is 246 cm³/mol. The van der Waals surface area contributed by atoms with Crippen LogP contribution in [-0.4, -0.2) is 76.8 Å². The van der Waals surface area contributed by atoms with Crippen LogP contribution in [0.15, 0.2) is 106 Å². The molecule has 5 aliphatic heterocycles. The van der Waals surface area contributed by atoms with Gasteiger partial charge in [0.05, 0.1) is 21.1 Å². The van der Waals surface area contributed by atoms with Gasteiger partial charge in [-0.25, -0.2) is 13.8 Å². The highest BCUT2D eigenvalue weighted by Gasteiger charge is 2.46. The number of anilines is 3. The molecule has 0 unspecified atom stereocenters. The number of thiocarbonyl (C=S) groups is 1. The van der Waals surface area contributed by atoms with Crippen molar-refractivity contribution in [1.82, 2.24) is 15.5 Å². The normalized spacial score (nSPS) is 19.2. The van der Waals surface area contributed by atoms with Gasteiger partial charge in [-0.2, -0.15) is 0 Å². The van der Waals surface area contributed by atoms with Crippen molar-refractivity contribution in [3.63, 3.8) is 0 Å². The number of carbonyl (C=O) groups is 2. The Labute approximate surface area is 380 Å². The summed E-state index contributed by atoms with van der Waals surface area (Å²) >= 11 is 16.5. The number of nitrogens with zero attached hydrogens (tertiary/aromatic N) is 6. The van der Waals surface area contributed by atoms with Crippen molar-refractivity contribution in [2.24, 2.45) is 4.99 Å². The smallest absolute Gasteiger partial charge is 0.318 e. The zero-order chi connectivity index (χ0) is 44.0. The van der Waals surface area contributed by atoms with Gasteiger partial charge in [0, 0.05) is 48.4 Å². The molecule has 0 bridgehead atoms. The number of rotatable bonds is 5. The summed E-state index contributed by atoms with van der Waals surface area (Å²) in [6.45, 7) is 3.67. The maximum atomic E-state index is 14.1. The first-order valence-electron chi connectivity index (χ1n) is 21.3. The van der Waals surface area contributed by atoms with Crippen molar-refractivity contribution in [3.05, 3.63) is 124 Å². The van der Waals surface area contributed by atoms with Gasteiger partial charge in [0.2, 0.25) is 23.6 Å². The van der Waals surface area contributed by atoms with Crippen LogP contribution in [0.4, 0.5) is 26.2 Å². The van der Waals surface area contributed by atoms with E-state index in [9.17, 15) is 18.4 Å². The third kappa shape index (κ3) is 9.94. The summed E-state index contributed by atoms with van der Waals surface area (Å²) in [6, 6.07) is 29.2. The van der Waals surface area contributed by atoms with E-state index >= 15 is 0 Å². The quantitative estimate of drug-likeness (QED) is 0.172. The molecule has 5 aliphatic rings. The van der Waals surface area contributed by atoms with Gasteiger partial charge in [-0.1, -0.05) is 64.7 Å². The van der Waals surface area contributed by atoms with Gasteiger partial charge in [-0.15, -0.1) is 5.10 Å². The highest BCUT2D eigenvalue weighted by atomic mass is 35.5. The average molecular weight is 915 g/mol. The summed E-state index contributed by atoms with van der Waals surface area (Å²) in [5, 5.41) is 12.4. The van der Waals surface area contributed by atoms with Gasteiger partial charge in [0.1, 0.15) is 18.2 Å². The Balaban J connectivity index is 0.000000145. The summed E-state index contributed by atoms with van der Waals surface area (Å²) < 4.78 is 39.0. The number of aromatic nitrogens is 2. The standard InChI is InChI=1S/C23H22ClFN4O2.C15H18ClFN2O.C9H7NOS/c24-18-9-8-17(15-19(18)25)29-20(30)7-4-10-23(29)11-13-28(14-12-23)22-27-26-21(31-22)16-5-2-1-3-6-16;16-12-4-3-11(10-13(12)17)19-14(20)2-1-5-15(19)6-8-18-9-7-15;12-8-6-10-9(11-8)7-4-2-1-3-5-7/h1-3,5-6,8-9,15H,4,7,10-14H2;3-4,10,18H,1-2,5-9H2;1-5H,6H2. The summed E-state index contributed by atoms with van der Waals surface area (Å²) in [5.41, 5.74) is 2.58. The molecule has 5 aromatic rings. The Morgan fingerprint density at radius 2 is 1.19 bits per heavy atom. The Morgan fingerprint density at radius 3 is 1.70 bits per heavy atom. The lowest BCUT2D eigenvalue weighted by molar-refractivity contribution is -0.122. The molecule has 4 aromatic carbocycles. The number of carbonyl (C=O) groups excluding carboxylic acids is 2. The fraction of sp³-hybridized carbons (Fsp3) is 0.362. The van der Waals surface area contributed by atoms with Crippen molar-refractivity contribution in [1.29, 1.82) is 0 Å². The van der Waals surface area contributed by atoms with Crippen molar-refractivity contribution >= 4 is 75.6 Å². The van der Waals surface area contributed by atoms with Crippen LogP contribution in [0.5, 0.6) is 0 Å². The van der Waals surface area contributed by atoms with E-state index in [4.69, 9.17) is 44.6 Å². The molecule has 0 radical (unpaired) electrons. The molecule has 11 nitrogen and oxygen atoms in total.